The molecule has 27 heavy (non-hydrogen) atoms. The van der Waals surface area contributed by atoms with E-state index < -0.39 is 0 Å². The molecule has 0 spiro atoms. The van der Waals surface area contributed by atoms with Gasteiger partial charge < -0.3 is 14.8 Å². The molecule has 0 atom stereocenters. The summed E-state index contributed by atoms with van der Waals surface area (Å²) in [7, 11) is 1.86. The summed E-state index contributed by atoms with van der Waals surface area (Å²) >= 11 is 0. The molecule has 0 radical (unpaired) electrons. The van der Waals surface area contributed by atoms with E-state index in [0.717, 1.165) is 42.7 Å². The van der Waals surface area contributed by atoms with Crippen LogP contribution in [-0.2, 0) is 4.79 Å². The van der Waals surface area contributed by atoms with E-state index in [1.54, 1.807) is 0 Å². The van der Waals surface area contributed by atoms with E-state index in [0.29, 0.717) is 0 Å². The minimum atomic E-state index is -0.00337. The summed E-state index contributed by atoms with van der Waals surface area (Å²) < 4.78 is 0. The number of amides is 1. The Morgan fingerprint density at radius 3 is 2.74 bits per heavy atom. The number of carbonyl (C=O) groups is 1. The van der Waals surface area contributed by atoms with Gasteiger partial charge in [-0.25, -0.2) is 4.98 Å². The first-order valence-electron chi connectivity index (χ1n) is 9.34. The largest absolute Gasteiger partial charge is 0.370 e. The maximum atomic E-state index is 11.8. The molecule has 0 bridgehead atoms. The van der Waals surface area contributed by atoms with Gasteiger partial charge in [0.1, 0.15) is 5.65 Å². The fraction of sp³-hybridized carbons (Fsp3) is 0.273. The summed E-state index contributed by atoms with van der Waals surface area (Å²) in [6, 6.07) is 12.9. The molecule has 2 aromatic heterocycles. The third-order valence-corrected chi connectivity index (χ3v) is 5.50. The molecular formula is C22H24N4O. The van der Waals surface area contributed by atoms with Crippen molar-refractivity contribution < 1.29 is 4.79 Å². The number of aromatic nitrogens is 2. The molecule has 138 valence electrons. The van der Waals surface area contributed by atoms with Crippen LogP contribution in [0.5, 0.6) is 0 Å². The monoisotopic (exact) mass is 360 g/mol. The lowest BCUT2D eigenvalue weighted by atomic mass is 10.0. The van der Waals surface area contributed by atoms with Crippen molar-refractivity contribution in [3.05, 3.63) is 61.4 Å². The quantitative estimate of drug-likeness (QED) is 0.719. The first kappa shape index (κ1) is 17.3. The third kappa shape index (κ3) is 3.33. The highest BCUT2D eigenvalue weighted by molar-refractivity contribution is 5.95. The van der Waals surface area contributed by atoms with Gasteiger partial charge in [-0.1, -0.05) is 36.9 Å². The zero-order valence-corrected chi connectivity index (χ0v) is 15.6. The number of pyridine rings is 1. The third-order valence-electron chi connectivity index (χ3n) is 5.50. The van der Waals surface area contributed by atoms with Crippen LogP contribution in [0.4, 0.5) is 5.69 Å². The number of nitrogens with one attached hydrogen (secondary N) is 1. The lowest BCUT2D eigenvalue weighted by Gasteiger charge is -2.37. The Hall–Kier alpha value is -3.08. The molecule has 0 aliphatic carbocycles. The lowest BCUT2D eigenvalue weighted by Crippen LogP contribution is -2.45. The number of rotatable bonds is 4. The normalized spacial score (nSPS) is 15.1. The SMILES string of the molecule is C=CC(=O)N(C)C1CCN(c2cnc3[nH]cc(-c4ccccc4)c3c2)CC1. The van der Waals surface area contributed by atoms with Gasteiger partial charge in [0.25, 0.3) is 0 Å². The predicted molar refractivity (Wildman–Crippen MR) is 110 cm³/mol. The second-order valence-electron chi connectivity index (χ2n) is 7.03. The summed E-state index contributed by atoms with van der Waals surface area (Å²) in [5, 5.41) is 1.14. The van der Waals surface area contributed by atoms with Crippen molar-refractivity contribution in [3.8, 4) is 11.1 Å². The number of anilines is 1. The summed E-state index contributed by atoms with van der Waals surface area (Å²) in [5.74, 6) is -0.00337. The number of hydrogen-bond donors (Lipinski definition) is 1. The van der Waals surface area contributed by atoms with Gasteiger partial charge in [-0.2, -0.15) is 0 Å². The molecule has 1 saturated heterocycles. The molecular weight excluding hydrogens is 336 g/mol. The van der Waals surface area contributed by atoms with Crippen molar-refractivity contribution in [2.75, 3.05) is 25.0 Å². The van der Waals surface area contributed by atoms with Gasteiger partial charge in [-0.15, -0.1) is 0 Å². The molecule has 1 aliphatic rings. The van der Waals surface area contributed by atoms with Crippen molar-refractivity contribution in [2.24, 2.45) is 0 Å². The predicted octanol–water partition coefficient (Wildman–Crippen LogP) is 3.84. The summed E-state index contributed by atoms with van der Waals surface area (Å²) in [4.78, 5) is 23.9. The molecule has 0 unspecified atom stereocenters. The number of hydrogen-bond acceptors (Lipinski definition) is 3. The molecule has 1 aliphatic heterocycles. The number of piperidine rings is 1. The highest BCUT2D eigenvalue weighted by Gasteiger charge is 2.25. The number of H-pyrrole nitrogens is 1. The zero-order chi connectivity index (χ0) is 18.8. The van der Waals surface area contributed by atoms with Crippen LogP contribution < -0.4 is 4.90 Å². The number of carbonyl (C=O) groups excluding carboxylic acids is 1. The van der Waals surface area contributed by atoms with E-state index in [4.69, 9.17) is 0 Å². The van der Waals surface area contributed by atoms with Crippen molar-refractivity contribution in [2.45, 2.75) is 18.9 Å². The molecule has 5 nitrogen and oxygen atoms in total. The van der Waals surface area contributed by atoms with Gasteiger partial charge >= 0.3 is 0 Å². The summed E-state index contributed by atoms with van der Waals surface area (Å²) in [6.07, 6.45) is 7.26. The molecule has 1 fully saturated rings. The fourth-order valence-corrected chi connectivity index (χ4v) is 3.86. The smallest absolute Gasteiger partial charge is 0.245 e. The first-order chi connectivity index (χ1) is 13.2. The number of nitrogens with zero attached hydrogens (tertiary/aromatic N) is 3. The zero-order valence-electron chi connectivity index (χ0n) is 15.6. The molecule has 1 N–H and O–H groups in total. The van der Waals surface area contributed by atoms with E-state index >= 15 is 0 Å². The highest BCUT2D eigenvalue weighted by Crippen LogP contribution is 2.31. The van der Waals surface area contributed by atoms with Crippen LogP contribution in [0.15, 0.2) is 61.4 Å². The topological polar surface area (TPSA) is 52.2 Å². The molecule has 3 aromatic rings. The highest BCUT2D eigenvalue weighted by atomic mass is 16.2. The van der Waals surface area contributed by atoms with Gasteiger partial charge in [0, 0.05) is 43.3 Å². The number of aromatic amines is 1. The maximum absolute atomic E-state index is 11.8. The van der Waals surface area contributed by atoms with E-state index in [2.05, 4.69) is 51.8 Å². The Kier molecular flexibility index (Phi) is 4.67. The van der Waals surface area contributed by atoms with E-state index in [1.165, 1.54) is 17.2 Å². The standard InChI is InChI=1S/C22H24N4O/c1-3-21(27)25(2)17-9-11-26(12-10-17)18-13-19-20(15-24-22(19)23-14-18)16-7-5-4-6-8-16/h3-8,13-15,17H,1,9-12H2,2H3,(H,23,24). The average Bonchev–Trinajstić information content (AvgIpc) is 3.16. The Morgan fingerprint density at radius 2 is 2.04 bits per heavy atom. The fourth-order valence-electron chi connectivity index (χ4n) is 3.86. The van der Waals surface area contributed by atoms with Crippen LogP contribution in [0, 0.1) is 0 Å². The lowest BCUT2D eigenvalue weighted by molar-refractivity contribution is -0.127. The van der Waals surface area contributed by atoms with Crippen LogP contribution in [0.2, 0.25) is 0 Å². The Balaban J connectivity index is 1.55. The number of benzene rings is 1. The van der Waals surface area contributed by atoms with Crippen molar-refractivity contribution in [3.63, 3.8) is 0 Å². The van der Waals surface area contributed by atoms with Gasteiger partial charge in [0.2, 0.25) is 5.91 Å². The average molecular weight is 360 g/mol. The van der Waals surface area contributed by atoms with E-state index in [9.17, 15) is 4.79 Å². The molecule has 1 amide bonds. The number of likely N-dealkylation sites (N-methyl/N-ethyl adjacent to an activating group) is 1. The summed E-state index contributed by atoms with van der Waals surface area (Å²) in [5.41, 5.74) is 4.40. The van der Waals surface area contributed by atoms with Gasteiger partial charge in [0.05, 0.1) is 11.9 Å². The van der Waals surface area contributed by atoms with Gasteiger partial charge in [-0.3, -0.25) is 4.79 Å². The van der Waals surface area contributed by atoms with Crippen LogP contribution in [0.25, 0.3) is 22.2 Å². The van der Waals surface area contributed by atoms with Gasteiger partial charge in [-0.05, 0) is 30.5 Å². The maximum Gasteiger partial charge on any atom is 0.245 e. The molecule has 0 saturated carbocycles. The van der Waals surface area contributed by atoms with Crippen molar-refractivity contribution >= 4 is 22.6 Å². The van der Waals surface area contributed by atoms with Crippen molar-refractivity contribution in [1.82, 2.24) is 14.9 Å². The number of fused-ring (bicyclic) bond motifs is 1. The molecule has 1 aromatic carbocycles. The Bertz CT molecular complexity index is 955. The molecule has 3 heterocycles. The van der Waals surface area contributed by atoms with E-state index in [1.807, 2.05) is 30.4 Å². The van der Waals surface area contributed by atoms with E-state index in [-0.39, 0.29) is 11.9 Å². The van der Waals surface area contributed by atoms with Gasteiger partial charge in [0.15, 0.2) is 0 Å². The second kappa shape index (κ2) is 7.27. The molecule has 4 rings (SSSR count). The first-order valence-corrected chi connectivity index (χ1v) is 9.34. The Labute approximate surface area is 159 Å². The minimum Gasteiger partial charge on any atom is -0.370 e. The van der Waals surface area contributed by atoms with Crippen LogP contribution >= 0.6 is 0 Å². The second-order valence-corrected chi connectivity index (χ2v) is 7.03. The Morgan fingerprint density at radius 1 is 1.30 bits per heavy atom. The van der Waals surface area contributed by atoms with Crippen LogP contribution in [-0.4, -0.2) is 47.0 Å². The minimum absolute atomic E-state index is 0.00337. The summed E-state index contributed by atoms with van der Waals surface area (Å²) in [6.45, 7) is 5.41. The molecule has 5 heteroatoms. The van der Waals surface area contributed by atoms with Crippen LogP contribution in [0.1, 0.15) is 12.8 Å². The van der Waals surface area contributed by atoms with Crippen molar-refractivity contribution in [1.29, 1.82) is 0 Å². The van der Waals surface area contributed by atoms with Crippen LogP contribution in [0.3, 0.4) is 0 Å².